The number of benzene rings is 1. The van der Waals surface area contributed by atoms with Crippen molar-refractivity contribution in [1.82, 2.24) is 25.2 Å². The maximum Gasteiger partial charge on any atom is 0.255 e. The number of aliphatic hydroxyl groups excluding tert-OH is 1. The Hall–Kier alpha value is -3.46. The average molecular weight is 492 g/mol. The number of aliphatic hydroxyl groups is 1. The smallest absolute Gasteiger partial charge is 0.255 e. The fourth-order valence-electron chi connectivity index (χ4n) is 4.95. The Morgan fingerprint density at radius 1 is 1.25 bits per heavy atom. The quantitative estimate of drug-likeness (QED) is 0.467. The monoisotopic (exact) mass is 491 g/mol. The number of nitrogens with one attached hydrogen (secondary N) is 2. The number of carbonyl (C=O) groups is 2. The molecule has 1 atom stereocenters. The third-order valence-electron chi connectivity index (χ3n) is 7.30. The molecule has 9 nitrogen and oxygen atoms in total. The number of aryl methyl sites for hydroxylation is 2. The minimum atomic E-state index is -0.538. The molecule has 1 aliphatic carbocycles. The van der Waals surface area contributed by atoms with Crippen LogP contribution < -0.4 is 10.1 Å². The third-order valence-corrected chi connectivity index (χ3v) is 7.30. The van der Waals surface area contributed by atoms with Crippen LogP contribution >= 0.6 is 0 Å². The predicted molar refractivity (Wildman–Crippen MR) is 136 cm³/mol. The summed E-state index contributed by atoms with van der Waals surface area (Å²) in [5.41, 5.74) is 4.69. The second-order valence-electron chi connectivity index (χ2n) is 10.8. The van der Waals surface area contributed by atoms with Crippen molar-refractivity contribution in [1.29, 1.82) is 0 Å². The van der Waals surface area contributed by atoms with E-state index in [0.717, 1.165) is 16.9 Å². The fourth-order valence-corrected chi connectivity index (χ4v) is 4.95. The first-order valence-electron chi connectivity index (χ1n) is 12.4. The van der Waals surface area contributed by atoms with E-state index in [-0.39, 0.29) is 23.3 Å². The number of likely N-dealkylation sites (tertiary alicyclic amines) is 1. The van der Waals surface area contributed by atoms with Crippen molar-refractivity contribution in [2.75, 3.05) is 26.3 Å². The lowest BCUT2D eigenvalue weighted by Crippen LogP contribution is -2.44. The number of aromatic amines is 1. The van der Waals surface area contributed by atoms with Crippen LogP contribution in [-0.4, -0.2) is 69.1 Å². The van der Waals surface area contributed by atoms with Gasteiger partial charge in [0.25, 0.3) is 5.91 Å². The van der Waals surface area contributed by atoms with E-state index >= 15 is 0 Å². The lowest BCUT2D eigenvalue weighted by molar-refractivity contribution is -0.133. The van der Waals surface area contributed by atoms with Gasteiger partial charge in [-0.3, -0.25) is 9.59 Å². The molecule has 2 fully saturated rings. The molecule has 2 aliphatic rings. The zero-order valence-electron chi connectivity index (χ0n) is 21.2. The van der Waals surface area contributed by atoms with E-state index in [1.807, 2.05) is 45.9 Å². The third kappa shape index (κ3) is 4.55. The number of amides is 2. The van der Waals surface area contributed by atoms with Gasteiger partial charge in [-0.2, -0.15) is 0 Å². The van der Waals surface area contributed by atoms with Crippen molar-refractivity contribution in [3.05, 3.63) is 41.3 Å². The fraction of sp³-hybridized carbons (Fsp3) is 0.481. The summed E-state index contributed by atoms with van der Waals surface area (Å²) in [6, 6.07) is 5.79. The molecule has 0 spiro atoms. The second kappa shape index (κ2) is 9.20. The standard InChI is InChI=1S/C27H33N5O4/c1-15-5-8-19(36-12-17-6-7-17)18(9-15)23-25-24(29-14-28-23)22(16(2)30-25)26(35)31-20-10-32(21(34)11-33)13-27(20,3)4/h5,8-9,14,17,20,30,33H,6-7,10-13H2,1-4H3,(H,31,35)/t20-/m1/s1. The average Bonchev–Trinajstić information content (AvgIpc) is 3.53. The number of fused-ring (bicyclic) bond motifs is 1. The second-order valence-corrected chi connectivity index (χ2v) is 10.8. The Labute approximate surface area is 210 Å². The highest BCUT2D eigenvalue weighted by atomic mass is 16.5. The van der Waals surface area contributed by atoms with Gasteiger partial charge in [0.15, 0.2) is 0 Å². The Morgan fingerprint density at radius 2 is 2.03 bits per heavy atom. The zero-order valence-corrected chi connectivity index (χ0v) is 21.2. The first kappa shape index (κ1) is 24.2. The molecule has 5 rings (SSSR count). The summed E-state index contributed by atoms with van der Waals surface area (Å²) in [6.07, 6.45) is 3.89. The molecular weight excluding hydrogens is 458 g/mol. The molecule has 1 saturated heterocycles. The first-order valence-corrected chi connectivity index (χ1v) is 12.4. The van der Waals surface area contributed by atoms with Crippen molar-refractivity contribution >= 4 is 22.8 Å². The van der Waals surface area contributed by atoms with Gasteiger partial charge in [0.05, 0.1) is 23.7 Å². The highest BCUT2D eigenvalue weighted by Crippen LogP contribution is 2.37. The van der Waals surface area contributed by atoms with Crippen LogP contribution in [0.3, 0.4) is 0 Å². The summed E-state index contributed by atoms with van der Waals surface area (Å²) in [5, 5.41) is 12.4. The SMILES string of the molecule is Cc1ccc(OCC2CC2)c(-c2ncnc3c(C(=O)N[C@@H]4CN(C(=O)CO)CC4(C)C)c(C)[nH]c23)c1. The van der Waals surface area contributed by atoms with Crippen LogP contribution in [0.1, 0.15) is 48.3 Å². The maximum absolute atomic E-state index is 13.5. The van der Waals surface area contributed by atoms with Crippen LogP contribution in [-0.2, 0) is 4.79 Å². The molecule has 0 bridgehead atoms. The molecule has 0 radical (unpaired) electrons. The minimum absolute atomic E-state index is 0.255. The van der Waals surface area contributed by atoms with Gasteiger partial charge in [-0.15, -0.1) is 0 Å². The van der Waals surface area contributed by atoms with Crippen molar-refractivity contribution in [2.24, 2.45) is 11.3 Å². The number of rotatable bonds is 7. The Bertz CT molecular complexity index is 1330. The molecule has 1 aliphatic heterocycles. The normalized spacial score (nSPS) is 19.0. The largest absolute Gasteiger partial charge is 0.493 e. The van der Waals surface area contributed by atoms with Gasteiger partial charge in [-0.05, 0) is 44.7 Å². The van der Waals surface area contributed by atoms with Crippen molar-refractivity contribution in [2.45, 2.75) is 46.6 Å². The van der Waals surface area contributed by atoms with Crippen LogP contribution in [0.5, 0.6) is 5.75 Å². The van der Waals surface area contributed by atoms with E-state index in [1.54, 1.807) is 4.90 Å². The van der Waals surface area contributed by atoms with Gasteiger partial charge in [0, 0.05) is 29.8 Å². The van der Waals surface area contributed by atoms with Gasteiger partial charge in [0.1, 0.15) is 29.9 Å². The Morgan fingerprint density at radius 3 is 2.75 bits per heavy atom. The van der Waals surface area contributed by atoms with E-state index in [4.69, 9.17) is 4.74 Å². The molecule has 36 heavy (non-hydrogen) atoms. The molecule has 2 aromatic heterocycles. The van der Waals surface area contributed by atoms with Crippen molar-refractivity contribution < 1.29 is 19.4 Å². The van der Waals surface area contributed by atoms with Crippen LogP contribution in [0, 0.1) is 25.2 Å². The maximum atomic E-state index is 13.5. The number of ether oxygens (including phenoxy) is 1. The lowest BCUT2D eigenvalue weighted by atomic mass is 9.87. The van der Waals surface area contributed by atoms with Gasteiger partial charge in [-0.1, -0.05) is 25.5 Å². The minimum Gasteiger partial charge on any atom is -0.493 e. The zero-order chi connectivity index (χ0) is 25.6. The van der Waals surface area contributed by atoms with Crippen LogP contribution in [0.2, 0.25) is 0 Å². The molecule has 1 aromatic carbocycles. The molecule has 2 amide bonds. The van der Waals surface area contributed by atoms with E-state index in [0.29, 0.717) is 53.6 Å². The van der Waals surface area contributed by atoms with Crippen LogP contribution in [0.15, 0.2) is 24.5 Å². The Balaban J connectivity index is 1.47. The lowest BCUT2D eigenvalue weighted by Gasteiger charge is -2.26. The van der Waals surface area contributed by atoms with E-state index in [9.17, 15) is 14.7 Å². The van der Waals surface area contributed by atoms with Gasteiger partial charge in [0.2, 0.25) is 5.91 Å². The molecule has 3 N–H and O–H groups in total. The highest BCUT2D eigenvalue weighted by Gasteiger charge is 2.42. The number of hydrogen-bond acceptors (Lipinski definition) is 6. The number of aromatic nitrogens is 3. The molecule has 1 saturated carbocycles. The summed E-state index contributed by atoms with van der Waals surface area (Å²) < 4.78 is 6.15. The number of H-pyrrole nitrogens is 1. The molecule has 3 heterocycles. The number of carbonyl (C=O) groups excluding carboxylic acids is 2. The van der Waals surface area contributed by atoms with Gasteiger partial charge < -0.3 is 25.0 Å². The van der Waals surface area contributed by atoms with Crippen molar-refractivity contribution in [3.8, 4) is 17.0 Å². The number of nitrogens with zero attached hydrogens (tertiary/aromatic N) is 3. The molecule has 190 valence electrons. The molecule has 3 aromatic rings. The summed E-state index contributed by atoms with van der Waals surface area (Å²) >= 11 is 0. The Kier molecular flexibility index (Phi) is 6.20. The van der Waals surface area contributed by atoms with E-state index in [1.165, 1.54) is 19.2 Å². The topological polar surface area (TPSA) is 120 Å². The summed E-state index contributed by atoms with van der Waals surface area (Å²) in [7, 11) is 0. The van der Waals surface area contributed by atoms with Gasteiger partial charge >= 0.3 is 0 Å². The first-order chi connectivity index (χ1) is 17.2. The molecule has 0 unspecified atom stereocenters. The summed E-state index contributed by atoms with van der Waals surface area (Å²) in [4.78, 5) is 39.5. The predicted octanol–water partition coefficient (Wildman–Crippen LogP) is 2.99. The molecule has 9 heteroatoms. The number of hydrogen-bond donors (Lipinski definition) is 3. The highest BCUT2D eigenvalue weighted by molar-refractivity contribution is 6.09. The molecular formula is C27H33N5O4. The van der Waals surface area contributed by atoms with Gasteiger partial charge in [-0.25, -0.2) is 9.97 Å². The van der Waals surface area contributed by atoms with Crippen LogP contribution in [0.25, 0.3) is 22.3 Å². The summed E-state index contributed by atoms with van der Waals surface area (Å²) in [5.74, 6) is 0.802. The van der Waals surface area contributed by atoms with E-state index in [2.05, 4.69) is 20.3 Å². The van der Waals surface area contributed by atoms with Crippen molar-refractivity contribution in [3.63, 3.8) is 0 Å². The summed E-state index contributed by atoms with van der Waals surface area (Å²) in [6.45, 7) is 8.86. The van der Waals surface area contributed by atoms with Crippen LogP contribution in [0.4, 0.5) is 0 Å². The van der Waals surface area contributed by atoms with E-state index < -0.39 is 6.61 Å².